The molecule has 0 saturated carbocycles. The van der Waals surface area contributed by atoms with E-state index in [1.807, 2.05) is 17.9 Å². The highest BCUT2D eigenvalue weighted by Crippen LogP contribution is 2.52. The molecule has 0 radical (unpaired) electrons. The number of hydrogen-bond donors (Lipinski definition) is 1. The van der Waals surface area contributed by atoms with E-state index in [9.17, 15) is 4.79 Å². The zero-order valence-electron chi connectivity index (χ0n) is 12.7. The number of carbonyl (C=O) groups is 1. The lowest BCUT2D eigenvalue weighted by Gasteiger charge is -2.44. The first-order chi connectivity index (χ1) is 10.0. The molecule has 1 amide bonds. The Morgan fingerprint density at radius 1 is 1.33 bits per heavy atom. The van der Waals surface area contributed by atoms with Crippen molar-refractivity contribution in [1.29, 1.82) is 0 Å². The van der Waals surface area contributed by atoms with Crippen LogP contribution in [0, 0.1) is 0 Å². The minimum atomic E-state index is -0.500. The van der Waals surface area contributed by atoms with Gasteiger partial charge in [0.05, 0.1) is 0 Å². The highest BCUT2D eigenvalue weighted by Gasteiger charge is 2.62. The van der Waals surface area contributed by atoms with E-state index in [1.165, 1.54) is 10.9 Å². The number of H-pyrrole nitrogens is 1. The van der Waals surface area contributed by atoms with Crippen LogP contribution in [0.2, 0.25) is 0 Å². The fourth-order valence-corrected chi connectivity index (χ4v) is 4.04. The Labute approximate surface area is 124 Å². The highest BCUT2D eigenvalue weighted by atomic mass is 16.6. The van der Waals surface area contributed by atoms with Crippen LogP contribution in [0.25, 0.3) is 10.9 Å². The van der Waals surface area contributed by atoms with E-state index in [0.717, 1.165) is 30.6 Å². The molecule has 110 valence electrons. The van der Waals surface area contributed by atoms with Crippen LogP contribution in [0.5, 0.6) is 0 Å². The predicted octanol–water partition coefficient (Wildman–Crippen LogP) is 3.56. The molecule has 2 aliphatic heterocycles. The lowest BCUT2D eigenvalue weighted by atomic mass is 9.74. The summed E-state index contributed by atoms with van der Waals surface area (Å²) < 4.78 is 5.77. The number of carbonyl (C=O) groups excluding carboxylic acids is 1. The Hall–Kier alpha value is -1.97. The number of hydrogen-bond acceptors (Lipinski definition) is 2. The van der Waals surface area contributed by atoms with Crippen LogP contribution in [0.1, 0.15) is 38.4 Å². The summed E-state index contributed by atoms with van der Waals surface area (Å²) in [5.74, 6) is 0. The molecule has 3 heterocycles. The molecule has 21 heavy (non-hydrogen) atoms. The van der Waals surface area contributed by atoms with Gasteiger partial charge in [0.15, 0.2) is 0 Å². The van der Waals surface area contributed by atoms with Gasteiger partial charge in [-0.25, -0.2) is 4.79 Å². The molecule has 2 aromatic rings. The summed E-state index contributed by atoms with van der Waals surface area (Å²) >= 11 is 0. The van der Waals surface area contributed by atoms with Gasteiger partial charge in [-0.15, -0.1) is 0 Å². The van der Waals surface area contributed by atoms with Gasteiger partial charge in [-0.3, -0.25) is 4.90 Å². The number of fused-ring (bicyclic) bond motifs is 5. The highest BCUT2D eigenvalue weighted by molar-refractivity contribution is 5.86. The predicted molar refractivity (Wildman–Crippen MR) is 81.2 cm³/mol. The first kappa shape index (κ1) is 12.7. The lowest BCUT2D eigenvalue weighted by molar-refractivity contribution is -0.00297. The number of ether oxygens (including phenoxy) is 1. The molecular weight excluding hydrogens is 264 g/mol. The maximum absolute atomic E-state index is 12.3. The molecule has 1 N–H and O–H groups in total. The molecule has 1 aromatic heterocycles. The third kappa shape index (κ3) is 1.33. The summed E-state index contributed by atoms with van der Waals surface area (Å²) in [5.41, 5.74) is 2.70. The number of nitrogens with zero attached hydrogens (tertiary/aromatic N) is 1. The van der Waals surface area contributed by atoms with Crippen LogP contribution >= 0.6 is 0 Å². The molecule has 1 fully saturated rings. The molecule has 0 aliphatic carbocycles. The van der Waals surface area contributed by atoms with Crippen molar-refractivity contribution >= 4 is 17.0 Å². The van der Waals surface area contributed by atoms with Gasteiger partial charge in [-0.05, 0) is 38.3 Å². The van der Waals surface area contributed by atoms with E-state index in [4.69, 9.17) is 4.74 Å². The maximum Gasteiger partial charge on any atom is 0.411 e. The molecule has 1 saturated heterocycles. The van der Waals surface area contributed by atoms with Crippen molar-refractivity contribution in [3.63, 3.8) is 0 Å². The smallest absolute Gasteiger partial charge is 0.411 e. The molecule has 0 spiro atoms. The molecular formula is C17H20N2O2. The number of nitrogens with one attached hydrogen (secondary N) is 1. The average Bonchev–Trinajstić information content (AvgIpc) is 2.95. The molecule has 0 bridgehead atoms. The van der Waals surface area contributed by atoms with Crippen LogP contribution in [-0.2, 0) is 16.7 Å². The Kier molecular flexibility index (Phi) is 2.31. The third-order valence-corrected chi connectivity index (χ3v) is 5.66. The molecule has 0 unspecified atom stereocenters. The molecule has 1 aromatic carbocycles. The van der Waals surface area contributed by atoms with Crippen LogP contribution < -0.4 is 0 Å². The van der Waals surface area contributed by atoms with Crippen molar-refractivity contribution < 1.29 is 9.53 Å². The van der Waals surface area contributed by atoms with Crippen LogP contribution in [0.3, 0.4) is 0 Å². The first-order valence-corrected chi connectivity index (χ1v) is 7.62. The van der Waals surface area contributed by atoms with E-state index in [-0.39, 0.29) is 6.09 Å². The third-order valence-electron chi connectivity index (χ3n) is 5.66. The van der Waals surface area contributed by atoms with Crippen molar-refractivity contribution in [2.75, 3.05) is 6.54 Å². The zero-order chi connectivity index (χ0) is 14.8. The number of rotatable bonds is 1. The van der Waals surface area contributed by atoms with Gasteiger partial charge in [0.25, 0.3) is 0 Å². The van der Waals surface area contributed by atoms with Crippen LogP contribution in [-0.4, -0.2) is 28.1 Å². The fourth-order valence-electron chi connectivity index (χ4n) is 4.04. The van der Waals surface area contributed by atoms with Crippen molar-refractivity contribution in [3.05, 3.63) is 35.5 Å². The van der Waals surface area contributed by atoms with E-state index in [2.05, 4.69) is 37.0 Å². The number of aromatic nitrogens is 1. The van der Waals surface area contributed by atoms with Crippen molar-refractivity contribution in [3.8, 4) is 0 Å². The first-order valence-electron chi connectivity index (χ1n) is 7.62. The van der Waals surface area contributed by atoms with E-state index in [1.54, 1.807) is 0 Å². The van der Waals surface area contributed by atoms with Crippen molar-refractivity contribution in [2.24, 2.45) is 0 Å². The molecule has 2 atom stereocenters. The standard InChI is InChI=1S/C17H20N2O2/c1-4-16(2)17(3)14-12(9-10-19(17)15(20)21-16)11-7-5-6-8-13(11)18-14/h5-8,18H,4,9-10H2,1-3H3/t16-,17-/m0/s1. The second-order valence-electron chi connectivity index (χ2n) is 6.45. The van der Waals surface area contributed by atoms with E-state index < -0.39 is 11.1 Å². The van der Waals surface area contributed by atoms with Gasteiger partial charge >= 0.3 is 6.09 Å². The van der Waals surface area contributed by atoms with Gasteiger partial charge in [-0.1, -0.05) is 25.1 Å². The number of benzene rings is 1. The van der Waals surface area contributed by atoms with E-state index in [0.29, 0.717) is 0 Å². The number of cyclic esters (lactones) is 1. The average molecular weight is 284 g/mol. The topological polar surface area (TPSA) is 45.3 Å². The normalized spacial score (nSPS) is 31.2. The summed E-state index contributed by atoms with van der Waals surface area (Å²) in [6.45, 7) is 6.99. The largest absolute Gasteiger partial charge is 0.440 e. The molecule has 4 rings (SSSR count). The minimum Gasteiger partial charge on any atom is -0.440 e. The number of amides is 1. The van der Waals surface area contributed by atoms with Crippen molar-refractivity contribution in [1.82, 2.24) is 9.88 Å². The second kappa shape index (κ2) is 3.81. The lowest BCUT2D eigenvalue weighted by Crippen LogP contribution is -2.55. The second-order valence-corrected chi connectivity index (χ2v) is 6.45. The van der Waals surface area contributed by atoms with E-state index >= 15 is 0 Å². The van der Waals surface area contributed by atoms with Gasteiger partial charge in [0.1, 0.15) is 11.1 Å². The Morgan fingerprint density at radius 2 is 2.10 bits per heavy atom. The number of aromatic amines is 1. The van der Waals surface area contributed by atoms with Gasteiger partial charge in [-0.2, -0.15) is 0 Å². The summed E-state index contributed by atoms with van der Waals surface area (Å²) in [4.78, 5) is 17.8. The Balaban J connectivity index is 2.03. The van der Waals surface area contributed by atoms with Gasteiger partial charge in [0.2, 0.25) is 0 Å². The fraction of sp³-hybridized carbons (Fsp3) is 0.471. The molecule has 2 aliphatic rings. The summed E-state index contributed by atoms with van der Waals surface area (Å²) in [6.07, 6.45) is 1.48. The SMILES string of the molecule is CC[C@]1(C)OC(=O)N2CCc3c([nH]c4ccccc34)[C@]21C. The zero-order valence-corrected chi connectivity index (χ0v) is 12.7. The van der Waals surface area contributed by atoms with Gasteiger partial charge in [0, 0.05) is 23.1 Å². The Morgan fingerprint density at radius 3 is 2.86 bits per heavy atom. The summed E-state index contributed by atoms with van der Waals surface area (Å²) in [5, 5.41) is 1.27. The number of para-hydroxylation sites is 1. The van der Waals surface area contributed by atoms with Crippen molar-refractivity contribution in [2.45, 2.75) is 44.8 Å². The monoisotopic (exact) mass is 284 g/mol. The van der Waals surface area contributed by atoms with Crippen LogP contribution in [0.15, 0.2) is 24.3 Å². The Bertz CT molecular complexity index is 750. The molecule has 4 heteroatoms. The molecule has 4 nitrogen and oxygen atoms in total. The van der Waals surface area contributed by atoms with Gasteiger partial charge < -0.3 is 9.72 Å². The maximum atomic E-state index is 12.3. The van der Waals surface area contributed by atoms with Crippen LogP contribution in [0.4, 0.5) is 4.79 Å². The summed E-state index contributed by atoms with van der Waals surface area (Å²) in [6, 6.07) is 8.37. The summed E-state index contributed by atoms with van der Waals surface area (Å²) in [7, 11) is 0. The minimum absolute atomic E-state index is 0.189. The quantitative estimate of drug-likeness (QED) is 0.870.